The van der Waals surface area contributed by atoms with Crippen molar-refractivity contribution in [1.29, 1.82) is 0 Å². The van der Waals surface area contributed by atoms with Gasteiger partial charge in [-0.05, 0) is 43.1 Å². The fraction of sp³-hybridized carbons (Fsp3) is 0.611. The van der Waals surface area contributed by atoms with Gasteiger partial charge in [-0.15, -0.1) is 0 Å². The van der Waals surface area contributed by atoms with Gasteiger partial charge in [-0.3, -0.25) is 9.69 Å². The molecule has 0 spiro atoms. The van der Waals surface area contributed by atoms with Crippen LogP contribution in [0.4, 0.5) is 5.69 Å². The van der Waals surface area contributed by atoms with Crippen LogP contribution in [-0.2, 0) is 14.8 Å². The zero-order valence-electron chi connectivity index (χ0n) is 15.9. The highest BCUT2D eigenvalue weighted by molar-refractivity contribution is 7.89. The number of hydrogen-bond acceptors (Lipinski definition) is 5. The quantitative estimate of drug-likeness (QED) is 0.707. The smallest absolute Gasteiger partial charge is 0.243 e. The Morgan fingerprint density at radius 2 is 2.04 bits per heavy atom. The fourth-order valence-corrected chi connectivity index (χ4v) is 4.78. The Morgan fingerprint density at radius 1 is 1.35 bits per heavy atom. The van der Waals surface area contributed by atoms with Crippen molar-refractivity contribution in [2.24, 2.45) is 11.1 Å². The molecule has 1 aliphatic heterocycles. The predicted molar refractivity (Wildman–Crippen MR) is 103 cm³/mol. The van der Waals surface area contributed by atoms with Crippen molar-refractivity contribution >= 4 is 21.6 Å². The van der Waals surface area contributed by atoms with Gasteiger partial charge >= 0.3 is 0 Å². The number of nitrogens with one attached hydrogen (secondary N) is 1. The summed E-state index contributed by atoms with van der Waals surface area (Å²) in [6, 6.07) is 6.41. The van der Waals surface area contributed by atoms with Gasteiger partial charge in [-0.1, -0.05) is 26.8 Å². The average Bonchev–Trinajstić information content (AvgIpc) is 2.97. The topological polar surface area (TPSA) is 95.7 Å². The second-order valence-electron chi connectivity index (χ2n) is 7.14. The lowest BCUT2D eigenvalue weighted by atomic mass is 9.90. The number of anilines is 1. The number of rotatable bonds is 8. The maximum Gasteiger partial charge on any atom is 0.243 e. The van der Waals surface area contributed by atoms with E-state index in [1.165, 1.54) is 10.4 Å². The molecule has 1 fully saturated rings. The number of amides is 1. The van der Waals surface area contributed by atoms with Crippen molar-refractivity contribution in [3.05, 3.63) is 24.3 Å². The van der Waals surface area contributed by atoms with Crippen LogP contribution in [0, 0.1) is 5.41 Å². The van der Waals surface area contributed by atoms with Crippen molar-refractivity contribution in [3.8, 4) is 0 Å². The third-order valence-corrected chi connectivity index (χ3v) is 7.00. The van der Waals surface area contributed by atoms with E-state index in [1.54, 1.807) is 32.0 Å². The maximum absolute atomic E-state index is 12.6. The third kappa shape index (κ3) is 4.82. The summed E-state index contributed by atoms with van der Waals surface area (Å²) in [5.41, 5.74) is 6.36. The Morgan fingerprint density at radius 3 is 2.62 bits per heavy atom. The zero-order valence-corrected chi connectivity index (χ0v) is 16.7. The molecule has 8 heteroatoms. The summed E-state index contributed by atoms with van der Waals surface area (Å²) >= 11 is 0. The molecule has 0 bridgehead atoms. The van der Waals surface area contributed by atoms with Crippen LogP contribution in [0.15, 0.2) is 29.2 Å². The summed E-state index contributed by atoms with van der Waals surface area (Å²) in [6.45, 7) is 9.08. The van der Waals surface area contributed by atoms with Gasteiger partial charge in [0.25, 0.3) is 0 Å². The van der Waals surface area contributed by atoms with E-state index in [9.17, 15) is 13.2 Å². The molecule has 1 saturated heterocycles. The van der Waals surface area contributed by atoms with Crippen LogP contribution < -0.4 is 11.1 Å². The van der Waals surface area contributed by atoms with Gasteiger partial charge in [0.15, 0.2) is 0 Å². The lowest BCUT2D eigenvalue weighted by Gasteiger charge is -2.22. The molecule has 1 aliphatic rings. The number of nitrogens with two attached hydrogens (primary N) is 1. The van der Waals surface area contributed by atoms with Crippen LogP contribution in [-0.4, -0.2) is 62.8 Å². The summed E-state index contributed by atoms with van der Waals surface area (Å²) in [6.07, 6.45) is 0.981. The minimum absolute atomic E-state index is 0.0675. The molecule has 0 saturated carbocycles. The molecule has 1 atom stereocenters. The maximum atomic E-state index is 12.6. The first-order valence-corrected chi connectivity index (χ1v) is 10.5. The molecular formula is C18H30N4O3S. The number of hydrogen-bond donors (Lipinski definition) is 2. The average molecular weight is 383 g/mol. The van der Waals surface area contributed by atoms with E-state index >= 15 is 0 Å². The molecule has 0 aromatic heterocycles. The summed E-state index contributed by atoms with van der Waals surface area (Å²) in [5, 5.41) is 2.81. The van der Waals surface area contributed by atoms with Gasteiger partial charge < -0.3 is 11.1 Å². The summed E-state index contributed by atoms with van der Waals surface area (Å²) < 4.78 is 26.6. The number of likely N-dealkylation sites (tertiary alicyclic amines) is 1. The van der Waals surface area contributed by atoms with E-state index in [4.69, 9.17) is 5.73 Å². The molecule has 26 heavy (non-hydrogen) atoms. The summed E-state index contributed by atoms with van der Waals surface area (Å²) in [5.74, 6) is -0.149. The largest absolute Gasteiger partial charge is 0.330 e. The molecule has 1 heterocycles. The number of benzene rings is 1. The first-order chi connectivity index (χ1) is 12.2. The van der Waals surface area contributed by atoms with Crippen molar-refractivity contribution in [2.75, 3.05) is 44.6 Å². The van der Waals surface area contributed by atoms with Gasteiger partial charge in [0.2, 0.25) is 15.9 Å². The monoisotopic (exact) mass is 382 g/mol. The van der Waals surface area contributed by atoms with Crippen LogP contribution in [0.3, 0.4) is 0 Å². The van der Waals surface area contributed by atoms with E-state index in [2.05, 4.69) is 17.1 Å². The predicted octanol–water partition coefficient (Wildman–Crippen LogP) is 1.33. The van der Waals surface area contributed by atoms with Crippen molar-refractivity contribution in [1.82, 2.24) is 9.21 Å². The molecule has 7 nitrogen and oxygen atoms in total. The lowest BCUT2D eigenvalue weighted by Crippen LogP contribution is -2.35. The van der Waals surface area contributed by atoms with Crippen LogP contribution >= 0.6 is 0 Å². The Hall–Kier alpha value is -1.48. The molecule has 0 radical (unpaired) electrons. The Labute approximate surface area is 156 Å². The highest BCUT2D eigenvalue weighted by atomic mass is 32.2. The van der Waals surface area contributed by atoms with E-state index in [1.807, 2.05) is 0 Å². The first-order valence-electron chi connectivity index (χ1n) is 9.06. The number of carbonyl (C=O) groups excluding carboxylic acids is 1. The standard InChI is InChI=1S/C18H30N4O3S/c1-4-22(5-2)26(24,25)16-8-6-7-15(11-16)20-17(23)12-21-10-9-18(3,13-19)14-21/h6-8,11H,4-5,9-10,12-14,19H2,1-3H3,(H,20,23). The van der Waals surface area contributed by atoms with Crippen molar-refractivity contribution in [2.45, 2.75) is 32.1 Å². The molecule has 1 unspecified atom stereocenters. The number of nitrogens with zero attached hydrogens (tertiary/aromatic N) is 2. The minimum Gasteiger partial charge on any atom is -0.330 e. The molecule has 146 valence electrons. The van der Waals surface area contributed by atoms with E-state index in [-0.39, 0.29) is 22.8 Å². The van der Waals surface area contributed by atoms with E-state index in [0.29, 0.717) is 25.3 Å². The van der Waals surface area contributed by atoms with Crippen LogP contribution in [0.1, 0.15) is 27.2 Å². The van der Waals surface area contributed by atoms with Gasteiger partial charge in [0, 0.05) is 25.3 Å². The highest BCUT2D eigenvalue weighted by Gasteiger charge is 2.33. The number of carbonyl (C=O) groups is 1. The third-order valence-electron chi connectivity index (χ3n) is 4.96. The molecule has 1 aromatic carbocycles. The Kier molecular flexibility index (Phi) is 6.79. The van der Waals surface area contributed by atoms with Gasteiger partial charge in [0.1, 0.15) is 0 Å². The number of sulfonamides is 1. The highest BCUT2D eigenvalue weighted by Crippen LogP contribution is 2.28. The van der Waals surface area contributed by atoms with Crippen LogP contribution in [0.25, 0.3) is 0 Å². The second-order valence-corrected chi connectivity index (χ2v) is 9.08. The van der Waals surface area contributed by atoms with Gasteiger partial charge in [-0.25, -0.2) is 8.42 Å². The summed E-state index contributed by atoms with van der Waals surface area (Å²) in [4.78, 5) is 14.6. The second kappa shape index (κ2) is 8.47. The van der Waals surface area contributed by atoms with Crippen molar-refractivity contribution < 1.29 is 13.2 Å². The Balaban J connectivity index is 2.04. The van der Waals surface area contributed by atoms with Gasteiger partial charge in [0.05, 0.1) is 11.4 Å². The fourth-order valence-electron chi connectivity index (χ4n) is 3.28. The van der Waals surface area contributed by atoms with Gasteiger partial charge in [-0.2, -0.15) is 4.31 Å². The Bertz CT molecular complexity index is 734. The van der Waals surface area contributed by atoms with Crippen LogP contribution in [0.2, 0.25) is 0 Å². The molecule has 1 amide bonds. The summed E-state index contributed by atoms with van der Waals surface area (Å²) in [7, 11) is -3.54. The van der Waals surface area contributed by atoms with Crippen LogP contribution in [0.5, 0.6) is 0 Å². The SMILES string of the molecule is CCN(CC)S(=O)(=O)c1cccc(NC(=O)CN2CCC(C)(CN)C2)c1. The molecule has 1 aromatic rings. The molecule has 0 aliphatic carbocycles. The normalized spacial score (nSPS) is 21.3. The van der Waals surface area contributed by atoms with E-state index < -0.39 is 10.0 Å². The zero-order chi connectivity index (χ0) is 19.4. The van der Waals surface area contributed by atoms with E-state index in [0.717, 1.165) is 19.5 Å². The molecular weight excluding hydrogens is 352 g/mol. The molecule has 2 rings (SSSR count). The lowest BCUT2D eigenvalue weighted by molar-refractivity contribution is -0.117. The first kappa shape index (κ1) is 20.8. The minimum atomic E-state index is -3.54. The molecule has 3 N–H and O–H groups in total. The van der Waals surface area contributed by atoms with Crippen molar-refractivity contribution in [3.63, 3.8) is 0 Å².